The molecule has 5 nitrogen and oxygen atoms in total. The third-order valence-electron chi connectivity index (χ3n) is 4.84. The fourth-order valence-electron chi connectivity index (χ4n) is 3.70. The highest BCUT2D eigenvalue weighted by Crippen LogP contribution is 2.26. The fourth-order valence-corrected chi connectivity index (χ4v) is 3.70. The molecule has 1 N–H and O–H groups in total. The Hall–Kier alpha value is -1.88. The maximum Gasteiger partial charge on any atom is 0.257 e. The lowest BCUT2D eigenvalue weighted by atomic mass is 9.85. The van der Waals surface area contributed by atoms with Gasteiger partial charge in [0.2, 0.25) is 0 Å². The number of hydrogen-bond donors (Lipinski definition) is 1. The number of nitrogens with zero attached hydrogens (tertiary/aromatic N) is 3. The fraction of sp³-hybridized carbons (Fsp3) is 0.500. The molecule has 1 amide bonds. The Labute approximate surface area is 123 Å². The molecule has 5 heteroatoms. The summed E-state index contributed by atoms with van der Waals surface area (Å²) in [5.74, 6) is 0.735. The molecular weight excluding hydrogens is 264 g/mol. The summed E-state index contributed by atoms with van der Waals surface area (Å²) in [6, 6.07) is 6.43. The monoisotopic (exact) mass is 284 g/mol. The van der Waals surface area contributed by atoms with Crippen LogP contribution >= 0.6 is 0 Å². The molecule has 2 atom stereocenters. The van der Waals surface area contributed by atoms with Crippen LogP contribution in [0.2, 0.25) is 0 Å². The van der Waals surface area contributed by atoms with Gasteiger partial charge in [0.1, 0.15) is 0 Å². The number of rotatable bonds is 1. The van der Waals surface area contributed by atoms with Crippen LogP contribution in [0, 0.1) is 5.92 Å². The van der Waals surface area contributed by atoms with Crippen LogP contribution in [0.1, 0.15) is 29.6 Å². The van der Waals surface area contributed by atoms with Crippen LogP contribution in [0.15, 0.2) is 30.6 Å². The highest BCUT2D eigenvalue weighted by molar-refractivity contribution is 6.00. The number of piperidine rings is 2. The zero-order valence-corrected chi connectivity index (χ0v) is 12.0. The van der Waals surface area contributed by atoms with Gasteiger partial charge < -0.3 is 10.2 Å². The van der Waals surface area contributed by atoms with Crippen molar-refractivity contribution in [3.63, 3.8) is 0 Å². The number of nitrogens with one attached hydrogen (secondary N) is 1. The van der Waals surface area contributed by atoms with Crippen molar-refractivity contribution in [2.75, 3.05) is 19.6 Å². The molecule has 21 heavy (non-hydrogen) atoms. The van der Waals surface area contributed by atoms with Crippen molar-refractivity contribution in [2.45, 2.75) is 25.3 Å². The largest absolute Gasteiger partial charge is 0.338 e. The van der Waals surface area contributed by atoms with Gasteiger partial charge in [-0.05, 0) is 43.9 Å². The minimum absolute atomic E-state index is 0.125. The van der Waals surface area contributed by atoms with Crippen LogP contribution < -0.4 is 5.32 Å². The summed E-state index contributed by atoms with van der Waals surface area (Å²) >= 11 is 0. The molecule has 0 bridgehead atoms. The quantitative estimate of drug-likeness (QED) is 0.864. The molecule has 0 radical (unpaired) electrons. The van der Waals surface area contributed by atoms with E-state index in [9.17, 15) is 4.79 Å². The van der Waals surface area contributed by atoms with Gasteiger partial charge in [0.05, 0.1) is 17.3 Å². The lowest BCUT2D eigenvalue weighted by molar-refractivity contribution is 0.0594. The standard InChI is InChI=1S/C16H20N4O/c21-16(13-10-18-20-8-2-1-5-15(13)20)19-9-6-14-12(11-19)4-3-7-17-14/h1-2,5,8,10,12,14,17H,3-4,6-7,9,11H2/t12-,14+/m1/s1. The second-order valence-corrected chi connectivity index (χ2v) is 6.09. The number of carbonyl (C=O) groups is 1. The third-order valence-corrected chi connectivity index (χ3v) is 4.84. The number of pyridine rings is 1. The van der Waals surface area contributed by atoms with E-state index in [0.717, 1.165) is 37.1 Å². The van der Waals surface area contributed by atoms with Gasteiger partial charge in [-0.25, -0.2) is 4.52 Å². The normalized spacial score (nSPS) is 25.8. The molecule has 110 valence electrons. The van der Waals surface area contributed by atoms with Gasteiger partial charge in [0.15, 0.2) is 0 Å². The van der Waals surface area contributed by atoms with E-state index >= 15 is 0 Å². The zero-order valence-electron chi connectivity index (χ0n) is 12.0. The Morgan fingerprint density at radius 3 is 3.24 bits per heavy atom. The Morgan fingerprint density at radius 1 is 1.33 bits per heavy atom. The third kappa shape index (κ3) is 2.21. The number of amides is 1. The molecule has 2 aromatic heterocycles. The average molecular weight is 284 g/mol. The van der Waals surface area contributed by atoms with E-state index in [4.69, 9.17) is 0 Å². The number of fused-ring (bicyclic) bond motifs is 2. The Bertz CT molecular complexity index is 665. The predicted octanol–water partition coefficient (Wildman–Crippen LogP) is 1.55. The zero-order chi connectivity index (χ0) is 14.2. The van der Waals surface area contributed by atoms with Crippen LogP contribution in [0.25, 0.3) is 5.52 Å². The second kappa shape index (κ2) is 5.15. The van der Waals surface area contributed by atoms with Gasteiger partial charge in [0.25, 0.3) is 5.91 Å². The van der Waals surface area contributed by atoms with E-state index in [2.05, 4.69) is 10.4 Å². The van der Waals surface area contributed by atoms with Crippen molar-refractivity contribution in [3.8, 4) is 0 Å². The SMILES string of the molecule is O=C(c1cnn2ccccc12)N1CC[C@@H]2NCCC[C@@H]2C1. The molecule has 0 saturated carbocycles. The van der Waals surface area contributed by atoms with Gasteiger partial charge in [-0.2, -0.15) is 5.10 Å². The van der Waals surface area contributed by atoms with Crippen molar-refractivity contribution >= 4 is 11.4 Å². The van der Waals surface area contributed by atoms with E-state index in [0.29, 0.717) is 12.0 Å². The molecule has 4 rings (SSSR count). The highest BCUT2D eigenvalue weighted by Gasteiger charge is 2.33. The van der Waals surface area contributed by atoms with Crippen LogP contribution in [-0.4, -0.2) is 46.1 Å². The number of hydrogen-bond acceptors (Lipinski definition) is 3. The maximum absolute atomic E-state index is 12.8. The molecule has 0 spiro atoms. The summed E-state index contributed by atoms with van der Waals surface area (Å²) in [4.78, 5) is 14.8. The molecule has 2 aromatic rings. The summed E-state index contributed by atoms with van der Waals surface area (Å²) < 4.78 is 1.77. The summed E-state index contributed by atoms with van der Waals surface area (Å²) in [5, 5.41) is 7.86. The molecule has 2 saturated heterocycles. The smallest absolute Gasteiger partial charge is 0.257 e. The molecule has 0 aromatic carbocycles. The van der Waals surface area contributed by atoms with Crippen molar-refractivity contribution < 1.29 is 4.79 Å². The first-order valence-electron chi connectivity index (χ1n) is 7.78. The highest BCUT2D eigenvalue weighted by atomic mass is 16.2. The van der Waals surface area contributed by atoms with E-state index in [1.807, 2.05) is 29.3 Å². The Kier molecular flexibility index (Phi) is 3.15. The number of likely N-dealkylation sites (tertiary alicyclic amines) is 1. The first-order chi connectivity index (χ1) is 10.3. The minimum Gasteiger partial charge on any atom is -0.338 e. The summed E-state index contributed by atoms with van der Waals surface area (Å²) in [5.41, 5.74) is 1.62. The van der Waals surface area contributed by atoms with E-state index < -0.39 is 0 Å². The van der Waals surface area contributed by atoms with Crippen LogP contribution in [-0.2, 0) is 0 Å². The first-order valence-corrected chi connectivity index (χ1v) is 7.78. The molecule has 2 fully saturated rings. The summed E-state index contributed by atoms with van der Waals surface area (Å²) in [7, 11) is 0. The predicted molar refractivity (Wildman–Crippen MR) is 80.2 cm³/mol. The van der Waals surface area contributed by atoms with Gasteiger partial charge in [-0.1, -0.05) is 6.07 Å². The van der Waals surface area contributed by atoms with E-state index in [1.165, 1.54) is 12.8 Å². The van der Waals surface area contributed by atoms with E-state index in [1.54, 1.807) is 10.7 Å². The molecule has 0 aliphatic carbocycles. The van der Waals surface area contributed by atoms with Crippen molar-refractivity contribution in [1.82, 2.24) is 19.8 Å². The van der Waals surface area contributed by atoms with Gasteiger partial charge >= 0.3 is 0 Å². The molecular formula is C16H20N4O. The topological polar surface area (TPSA) is 49.6 Å². The second-order valence-electron chi connectivity index (χ2n) is 6.09. The number of aromatic nitrogens is 2. The van der Waals surface area contributed by atoms with Crippen molar-refractivity contribution in [3.05, 3.63) is 36.2 Å². The van der Waals surface area contributed by atoms with E-state index in [-0.39, 0.29) is 5.91 Å². The Balaban J connectivity index is 1.57. The summed E-state index contributed by atoms with van der Waals surface area (Å²) in [6.45, 7) is 2.85. The van der Waals surface area contributed by atoms with Crippen LogP contribution in [0.5, 0.6) is 0 Å². The molecule has 0 unspecified atom stereocenters. The summed E-state index contributed by atoms with van der Waals surface area (Å²) in [6.07, 6.45) is 7.10. The molecule has 2 aliphatic rings. The Morgan fingerprint density at radius 2 is 2.29 bits per heavy atom. The molecule has 4 heterocycles. The lowest BCUT2D eigenvalue weighted by Crippen LogP contribution is -2.53. The number of carbonyl (C=O) groups excluding carboxylic acids is 1. The van der Waals surface area contributed by atoms with Crippen molar-refractivity contribution in [1.29, 1.82) is 0 Å². The van der Waals surface area contributed by atoms with Crippen molar-refractivity contribution in [2.24, 2.45) is 5.92 Å². The first kappa shape index (κ1) is 12.8. The van der Waals surface area contributed by atoms with Gasteiger partial charge in [0, 0.05) is 25.3 Å². The lowest BCUT2D eigenvalue weighted by Gasteiger charge is -2.41. The van der Waals surface area contributed by atoms with Gasteiger partial charge in [-0.3, -0.25) is 4.79 Å². The van der Waals surface area contributed by atoms with Crippen LogP contribution in [0.4, 0.5) is 0 Å². The molecule has 2 aliphatic heterocycles. The average Bonchev–Trinajstić information content (AvgIpc) is 2.98. The van der Waals surface area contributed by atoms with Gasteiger partial charge in [-0.15, -0.1) is 0 Å². The minimum atomic E-state index is 0.125. The maximum atomic E-state index is 12.8. The van der Waals surface area contributed by atoms with Crippen LogP contribution in [0.3, 0.4) is 0 Å².